The predicted octanol–water partition coefficient (Wildman–Crippen LogP) is 2.78. The smallest absolute Gasteiger partial charge is 0.272 e. The maximum absolute atomic E-state index is 11.5. The number of hydrogen-bond acceptors (Lipinski definition) is 2. The van der Waals surface area contributed by atoms with Crippen LogP contribution in [-0.4, -0.2) is 11.9 Å². The standard InChI is InChI=1S/C10H6Br2N2O2/c1-5-9(15)13-10(16)14(5)8-3-6(11)2-7(12)4-8/h2-4H,1H2,(H,13,15,16). The Labute approximate surface area is 109 Å². The van der Waals surface area contributed by atoms with E-state index < -0.39 is 11.9 Å². The Bertz CT molecular complexity index is 493. The number of rotatable bonds is 1. The number of urea groups is 1. The summed E-state index contributed by atoms with van der Waals surface area (Å²) < 4.78 is 1.61. The Kier molecular flexibility index (Phi) is 2.86. The second-order valence-corrected chi connectivity index (χ2v) is 5.00. The fourth-order valence-electron chi connectivity index (χ4n) is 1.39. The summed E-state index contributed by atoms with van der Waals surface area (Å²) in [6.07, 6.45) is 0. The van der Waals surface area contributed by atoms with Crippen LogP contribution >= 0.6 is 31.9 Å². The van der Waals surface area contributed by atoms with E-state index in [1.165, 1.54) is 4.90 Å². The van der Waals surface area contributed by atoms with E-state index in [4.69, 9.17) is 0 Å². The van der Waals surface area contributed by atoms with Gasteiger partial charge in [-0.05, 0) is 18.2 Å². The zero-order valence-electron chi connectivity index (χ0n) is 7.96. The van der Waals surface area contributed by atoms with Gasteiger partial charge >= 0.3 is 6.03 Å². The van der Waals surface area contributed by atoms with Crippen molar-refractivity contribution in [2.45, 2.75) is 0 Å². The number of nitrogens with zero attached hydrogens (tertiary/aromatic N) is 1. The molecule has 0 aromatic heterocycles. The van der Waals surface area contributed by atoms with Crippen molar-refractivity contribution in [1.82, 2.24) is 5.32 Å². The van der Waals surface area contributed by atoms with Gasteiger partial charge < -0.3 is 0 Å². The zero-order valence-corrected chi connectivity index (χ0v) is 11.1. The highest BCUT2D eigenvalue weighted by Gasteiger charge is 2.32. The number of halogens is 2. The Morgan fingerprint density at radius 3 is 2.12 bits per heavy atom. The van der Waals surface area contributed by atoms with Gasteiger partial charge in [0.25, 0.3) is 5.91 Å². The van der Waals surface area contributed by atoms with Gasteiger partial charge in [-0.1, -0.05) is 38.4 Å². The fourth-order valence-corrected chi connectivity index (χ4v) is 2.66. The quantitative estimate of drug-likeness (QED) is 0.628. The van der Waals surface area contributed by atoms with Crippen LogP contribution < -0.4 is 10.2 Å². The van der Waals surface area contributed by atoms with Crippen molar-refractivity contribution < 1.29 is 9.59 Å². The van der Waals surface area contributed by atoms with E-state index >= 15 is 0 Å². The molecule has 0 atom stereocenters. The molecule has 1 aromatic rings. The molecule has 4 nitrogen and oxygen atoms in total. The highest BCUT2D eigenvalue weighted by molar-refractivity contribution is 9.11. The van der Waals surface area contributed by atoms with Crippen LogP contribution in [0.4, 0.5) is 10.5 Å². The molecule has 1 N–H and O–H groups in total. The molecule has 1 aromatic carbocycles. The highest BCUT2D eigenvalue weighted by atomic mass is 79.9. The van der Waals surface area contributed by atoms with Crippen LogP contribution in [0.1, 0.15) is 0 Å². The SMILES string of the molecule is C=C1C(=O)NC(=O)N1c1cc(Br)cc(Br)c1. The molecular formula is C10H6Br2N2O2. The van der Waals surface area contributed by atoms with Crippen LogP contribution in [0.5, 0.6) is 0 Å². The zero-order chi connectivity index (χ0) is 11.9. The minimum atomic E-state index is -0.486. The van der Waals surface area contributed by atoms with Crippen molar-refractivity contribution in [2.75, 3.05) is 4.90 Å². The number of anilines is 1. The molecule has 0 aliphatic carbocycles. The van der Waals surface area contributed by atoms with Gasteiger partial charge in [-0.15, -0.1) is 0 Å². The lowest BCUT2D eigenvalue weighted by Crippen LogP contribution is -2.27. The number of carbonyl (C=O) groups excluding carboxylic acids is 2. The molecular weight excluding hydrogens is 340 g/mol. The first-order chi connectivity index (χ1) is 7.49. The molecule has 0 radical (unpaired) electrons. The first kappa shape index (κ1) is 11.3. The van der Waals surface area contributed by atoms with E-state index in [0.29, 0.717) is 5.69 Å². The molecule has 1 heterocycles. The molecule has 0 unspecified atom stereocenters. The van der Waals surface area contributed by atoms with Crippen molar-refractivity contribution in [3.05, 3.63) is 39.4 Å². The van der Waals surface area contributed by atoms with Crippen molar-refractivity contribution in [3.63, 3.8) is 0 Å². The van der Waals surface area contributed by atoms with Gasteiger partial charge in [0.1, 0.15) is 5.70 Å². The number of hydrogen-bond donors (Lipinski definition) is 1. The summed E-state index contributed by atoms with van der Waals surface area (Å²) in [5.41, 5.74) is 0.699. The van der Waals surface area contributed by atoms with Gasteiger partial charge in [-0.25, -0.2) is 4.79 Å². The average Bonchev–Trinajstić information content (AvgIpc) is 2.39. The van der Waals surface area contributed by atoms with E-state index in [0.717, 1.165) is 8.95 Å². The summed E-state index contributed by atoms with van der Waals surface area (Å²) in [5, 5.41) is 2.17. The Morgan fingerprint density at radius 1 is 1.12 bits per heavy atom. The van der Waals surface area contributed by atoms with E-state index in [9.17, 15) is 9.59 Å². The topological polar surface area (TPSA) is 49.4 Å². The number of carbonyl (C=O) groups is 2. The number of imide groups is 1. The van der Waals surface area contributed by atoms with E-state index in [-0.39, 0.29) is 5.70 Å². The van der Waals surface area contributed by atoms with Gasteiger partial charge in [0.15, 0.2) is 0 Å². The molecule has 1 aliphatic rings. The summed E-state index contributed by atoms with van der Waals surface area (Å²) in [6, 6.07) is 4.81. The van der Waals surface area contributed by atoms with E-state index in [1.54, 1.807) is 12.1 Å². The Hall–Kier alpha value is -1.14. The van der Waals surface area contributed by atoms with Crippen LogP contribution in [0.3, 0.4) is 0 Å². The van der Waals surface area contributed by atoms with Crippen molar-refractivity contribution in [2.24, 2.45) is 0 Å². The van der Waals surface area contributed by atoms with Crippen molar-refractivity contribution in [3.8, 4) is 0 Å². The maximum atomic E-state index is 11.5. The number of benzene rings is 1. The second-order valence-electron chi connectivity index (χ2n) is 3.17. The summed E-state index contributed by atoms with van der Waals surface area (Å²) in [6.45, 7) is 3.57. The second kappa shape index (κ2) is 4.03. The Morgan fingerprint density at radius 2 is 1.69 bits per heavy atom. The lowest BCUT2D eigenvalue weighted by Gasteiger charge is -2.15. The summed E-state index contributed by atoms with van der Waals surface area (Å²) in [5.74, 6) is -0.471. The predicted molar refractivity (Wildman–Crippen MR) is 67.0 cm³/mol. The largest absolute Gasteiger partial charge is 0.333 e. The van der Waals surface area contributed by atoms with Gasteiger partial charge in [-0.3, -0.25) is 15.0 Å². The molecule has 1 aliphatic heterocycles. The molecule has 16 heavy (non-hydrogen) atoms. The van der Waals surface area contributed by atoms with Crippen LogP contribution in [0.2, 0.25) is 0 Å². The minimum Gasteiger partial charge on any atom is -0.272 e. The maximum Gasteiger partial charge on any atom is 0.333 e. The third-order valence-electron chi connectivity index (χ3n) is 2.06. The molecule has 0 bridgehead atoms. The number of amides is 3. The third kappa shape index (κ3) is 1.90. The van der Waals surface area contributed by atoms with E-state index in [2.05, 4.69) is 43.8 Å². The van der Waals surface area contributed by atoms with Crippen LogP contribution in [-0.2, 0) is 4.79 Å². The lowest BCUT2D eigenvalue weighted by molar-refractivity contribution is -0.115. The summed E-state index contributed by atoms with van der Waals surface area (Å²) >= 11 is 6.62. The number of nitrogens with one attached hydrogen (secondary N) is 1. The first-order valence-electron chi connectivity index (χ1n) is 4.29. The monoisotopic (exact) mass is 344 g/mol. The highest BCUT2D eigenvalue weighted by Crippen LogP contribution is 2.29. The molecule has 1 saturated heterocycles. The minimum absolute atomic E-state index is 0.120. The summed E-state index contributed by atoms with van der Waals surface area (Å²) in [7, 11) is 0. The van der Waals surface area contributed by atoms with Crippen LogP contribution in [0.25, 0.3) is 0 Å². The average molecular weight is 346 g/mol. The molecule has 2 rings (SSSR count). The van der Waals surface area contributed by atoms with Gasteiger partial charge in [0.2, 0.25) is 0 Å². The van der Waals surface area contributed by atoms with Crippen molar-refractivity contribution in [1.29, 1.82) is 0 Å². The first-order valence-corrected chi connectivity index (χ1v) is 5.88. The molecule has 82 valence electrons. The summed E-state index contributed by atoms with van der Waals surface area (Å²) in [4.78, 5) is 24.0. The van der Waals surface area contributed by atoms with Crippen molar-refractivity contribution >= 4 is 49.5 Å². The third-order valence-corrected chi connectivity index (χ3v) is 2.98. The molecule has 3 amide bonds. The molecule has 0 saturated carbocycles. The van der Waals surface area contributed by atoms with Gasteiger partial charge in [0, 0.05) is 8.95 Å². The molecule has 6 heteroatoms. The molecule has 0 spiro atoms. The van der Waals surface area contributed by atoms with Gasteiger partial charge in [0.05, 0.1) is 5.69 Å². The molecule has 1 fully saturated rings. The lowest BCUT2D eigenvalue weighted by atomic mass is 10.3. The normalized spacial score (nSPS) is 15.6. The van der Waals surface area contributed by atoms with Crippen LogP contribution in [0.15, 0.2) is 39.4 Å². The van der Waals surface area contributed by atoms with Gasteiger partial charge in [-0.2, -0.15) is 0 Å². The fraction of sp³-hybridized carbons (Fsp3) is 0. The van der Waals surface area contributed by atoms with E-state index in [1.807, 2.05) is 6.07 Å². The van der Waals surface area contributed by atoms with Crippen LogP contribution in [0, 0.1) is 0 Å². The Balaban J connectivity index is 2.48.